The molecule has 7 nitrogen and oxygen atoms in total. The van der Waals surface area contributed by atoms with Crippen molar-refractivity contribution in [2.75, 3.05) is 32.8 Å². The molecule has 1 aliphatic heterocycles. The molecule has 8 heteroatoms. The number of fused-ring (bicyclic) bond motifs is 3. The molecule has 1 N–H and O–H groups in total. The molecule has 5 rings (SSSR count). The second-order valence-electron chi connectivity index (χ2n) is 8.83. The lowest BCUT2D eigenvalue weighted by atomic mass is 9.97. The molecule has 1 fully saturated rings. The van der Waals surface area contributed by atoms with Crippen LogP contribution >= 0.6 is 11.3 Å². The summed E-state index contributed by atoms with van der Waals surface area (Å²) in [5.74, 6) is -0.0588. The maximum Gasteiger partial charge on any atom is 0.262 e. The molecule has 1 saturated heterocycles. The third-order valence-electron chi connectivity index (χ3n) is 6.60. The van der Waals surface area contributed by atoms with Crippen LogP contribution in [0.4, 0.5) is 0 Å². The Morgan fingerprint density at radius 3 is 2.76 bits per heavy atom. The van der Waals surface area contributed by atoms with E-state index >= 15 is 0 Å². The van der Waals surface area contributed by atoms with Gasteiger partial charge < -0.3 is 10.1 Å². The number of hydrogen-bond donors (Lipinski definition) is 1. The molecular formula is C25H30N4O3S. The standard InChI is InChI=1S/C25H30N4O3S/c30-22(27-20(18-6-2-1-3-7-18)16-28-12-14-32-15-13-28)10-11-29-17-26-24-23(25(29)31)19-8-4-5-9-21(19)33-24/h1-3,6-7,17,20H,4-5,8-16H2,(H,27,30)/t20-/m1/s1. The number of carbonyl (C=O) groups excluding carboxylic acids is 1. The first kappa shape index (κ1) is 22.3. The smallest absolute Gasteiger partial charge is 0.262 e. The Hall–Kier alpha value is -2.55. The van der Waals surface area contributed by atoms with Crippen molar-refractivity contribution in [3.8, 4) is 0 Å². The van der Waals surface area contributed by atoms with Gasteiger partial charge in [0, 0.05) is 37.5 Å². The summed E-state index contributed by atoms with van der Waals surface area (Å²) >= 11 is 1.65. The fraction of sp³-hybridized carbons (Fsp3) is 0.480. The van der Waals surface area contributed by atoms with Gasteiger partial charge in [-0.15, -0.1) is 11.3 Å². The van der Waals surface area contributed by atoms with Gasteiger partial charge in [-0.05, 0) is 36.8 Å². The normalized spacial score (nSPS) is 17.6. The van der Waals surface area contributed by atoms with Gasteiger partial charge in [0.25, 0.3) is 5.56 Å². The summed E-state index contributed by atoms with van der Waals surface area (Å²) in [7, 11) is 0. The molecular weight excluding hydrogens is 436 g/mol. The Balaban J connectivity index is 1.28. The summed E-state index contributed by atoms with van der Waals surface area (Å²) < 4.78 is 7.06. The van der Waals surface area contributed by atoms with Gasteiger partial charge in [0.05, 0.1) is 31.0 Å². The van der Waals surface area contributed by atoms with Crippen molar-refractivity contribution in [1.29, 1.82) is 0 Å². The second kappa shape index (κ2) is 10.2. The van der Waals surface area contributed by atoms with Gasteiger partial charge in [0.15, 0.2) is 0 Å². The number of aryl methyl sites for hydroxylation is 3. The molecule has 2 aromatic heterocycles. The lowest BCUT2D eigenvalue weighted by Gasteiger charge is -2.31. The van der Waals surface area contributed by atoms with E-state index in [0.29, 0.717) is 6.54 Å². The van der Waals surface area contributed by atoms with Crippen LogP contribution in [0, 0.1) is 0 Å². The first-order valence-corrected chi connectivity index (χ1v) is 12.6. The lowest BCUT2D eigenvalue weighted by molar-refractivity contribution is -0.122. The van der Waals surface area contributed by atoms with Gasteiger partial charge >= 0.3 is 0 Å². The number of rotatable bonds is 7. The fourth-order valence-electron chi connectivity index (χ4n) is 4.79. The molecule has 1 aromatic carbocycles. The number of benzene rings is 1. The first-order valence-electron chi connectivity index (χ1n) is 11.8. The van der Waals surface area contributed by atoms with E-state index in [0.717, 1.165) is 67.9 Å². The van der Waals surface area contributed by atoms with Crippen molar-refractivity contribution in [3.05, 3.63) is 63.0 Å². The largest absolute Gasteiger partial charge is 0.379 e. The zero-order chi connectivity index (χ0) is 22.6. The Labute approximate surface area is 197 Å². The van der Waals surface area contributed by atoms with E-state index in [1.807, 2.05) is 30.3 Å². The van der Waals surface area contributed by atoms with Gasteiger partial charge in [0.1, 0.15) is 4.83 Å². The molecule has 0 bridgehead atoms. The molecule has 3 heterocycles. The zero-order valence-electron chi connectivity index (χ0n) is 18.8. The van der Waals surface area contributed by atoms with Crippen molar-refractivity contribution >= 4 is 27.5 Å². The van der Waals surface area contributed by atoms with Crippen LogP contribution in [0.5, 0.6) is 0 Å². The summed E-state index contributed by atoms with van der Waals surface area (Å²) in [5, 5.41) is 3.97. The van der Waals surface area contributed by atoms with E-state index < -0.39 is 0 Å². The third kappa shape index (κ3) is 5.03. The molecule has 0 unspecified atom stereocenters. The molecule has 0 spiro atoms. The van der Waals surface area contributed by atoms with Gasteiger partial charge in [-0.1, -0.05) is 30.3 Å². The molecule has 3 aromatic rings. The highest BCUT2D eigenvalue weighted by atomic mass is 32.1. The average Bonchev–Trinajstić information content (AvgIpc) is 3.24. The molecule has 2 aliphatic rings. The Bertz CT molecular complexity index is 1170. The van der Waals surface area contributed by atoms with Crippen molar-refractivity contribution in [1.82, 2.24) is 19.8 Å². The highest BCUT2D eigenvalue weighted by Crippen LogP contribution is 2.33. The number of hydrogen-bond acceptors (Lipinski definition) is 6. The summed E-state index contributed by atoms with van der Waals surface area (Å²) in [6.07, 6.45) is 6.15. The van der Waals surface area contributed by atoms with Crippen LogP contribution in [-0.4, -0.2) is 53.2 Å². The van der Waals surface area contributed by atoms with Gasteiger partial charge in [-0.2, -0.15) is 0 Å². The monoisotopic (exact) mass is 466 g/mol. The van der Waals surface area contributed by atoms with E-state index in [1.54, 1.807) is 22.2 Å². The van der Waals surface area contributed by atoms with Crippen LogP contribution in [0.2, 0.25) is 0 Å². The van der Waals surface area contributed by atoms with Crippen LogP contribution in [0.15, 0.2) is 41.5 Å². The number of carbonyl (C=O) groups is 1. The molecule has 174 valence electrons. The van der Waals surface area contributed by atoms with E-state index in [2.05, 4.69) is 15.2 Å². The maximum atomic E-state index is 13.2. The van der Waals surface area contributed by atoms with Crippen LogP contribution in [0.3, 0.4) is 0 Å². The van der Waals surface area contributed by atoms with E-state index in [4.69, 9.17) is 4.74 Å². The molecule has 1 atom stereocenters. The summed E-state index contributed by atoms with van der Waals surface area (Å²) in [6.45, 7) is 4.25. The van der Waals surface area contributed by atoms with Gasteiger partial charge in [-0.3, -0.25) is 19.1 Å². The zero-order valence-corrected chi connectivity index (χ0v) is 19.6. The fourth-order valence-corrected chi connectivity index (χ4v) is 6.01. The maximum absolute atomic E-state index is 13.2. The van der Waals surface area contributed by atoms with Crippen LogP contribution < -0.4 is 10.9 Å². The molecule has 1 amide bonds. The number of nitrogens with one attached hydrogen (secondary N) is 1. The highest BCUT2D eigenvalue weighted by Gasteiger charge is 2.22. The van der Waals surface area contributed by atoms with Crippen LogP contribution in [0.25, 0.3) is 10.2 Å². The quantitative estimate of drug-likeness (QED) is 0.580. The average molecular weight is 467 g/mol. The van der Waals surface area contributed by atoms with Gasteiger partial charge in [-0.25, -0.2) is 4.98 Å². The van der Waals surface area contributed by atoms with Crippen molar-refractivity contribution < 1.29 is 9.53 Å². The number of amides is 1. The number of nitrogens with zero attached hydrogens (tertiary/aromatic N) is 3. The number of ether oxygens (including phenoxy) is 1. The van der Waals surface area contributed by atoms with Gasteiger partial charge in [0.2, 0.25) is 5.91 Å². The summed E-state index contributed by atoms with van der Waals surface area (Å²) in [6, 6.07) is 9.97. The second-order valence-corrected chi connectivity index (χ2v) is 9.91. The van der Waals surface area contributed by atoms with E-state index in [-0.39, 0.29) is 23.9 Å². The van der Waals surface area contributed by atoms with Crippen LogP contribution in [-0.2, 0) is 28.9 Å². The van der Waals surface area contributed by atoms with E-state index in [1.165, 1.54) is 16.9 Å². The third-order valence-corrected chi connectivity index (χ3v) is 7.80. The molecule has 33 heavy (non-hydrogen) atoms. The Kier molecular flexibility index (Phi) is 6.85. The molecule has 0 saturated carbocycles. The molecule has 0 radical (unpaired) electrons. The number of morpholine rings is 1. The SMILES string of the molecule is O=C(CCn1cnc2sc3c(c2c1=O)CCCC3)N[C@H](CN1CCOCC1)c1ccccc1. The predicted octanol–water partition coefficient (Wildman–Crippen LogP) is 2.92. The lowest BCUT2D eigenvalue weighted by Crippen LogP contribution is -2.43. The minimum atomic E-state index is -0.0991. The van der Waals surface area contributed by atoms with Crippen molar-refractivity contribution in [2.24, 2.45) is 0 Å². The Morgan fingerprint density at radius 2 is 1.94 bits per heavy atom. The summed E-state index contributed by atoms with van der Waals surface area (Å²) in [5.41, 5.74) is 2.26. The Morgan fingerprint density at radius 1 is 1.15 bits per heavy atom. The molecule has 1 aliphatic carbocycles. The first-order chi connectivity index (χ1) is 16.2. The highest BCUT2D eigenvalue weighted by molar-refractivity contribution is 7.18. The minimum absolute atomic E-state index is 0.0138. The van der Waals surface area contributed by atoms with Crippen LogP contribution in [0.1, 0.15) is 41.3 Å². The topological polar surface area (TPSA) is 76.5 Å². The minimum Gasteiger partial charge on any atom is -0.379 e. The summed E-state index contributed by atoms with van der Waals surface area (Å²) in [4.78, 5) is 35.1. The van der Waals surface area contributed by atoms with Crippen molar-refractivity contribution in [3.63, 3.8) is 0 Å². The van der Waals surface area contributed by atoms with Crippen molar-refractivity contribution in [2.45, 2.75) is 44.7 Å². The number of aromatic nitrogens is 2. The predicted molar refractivity (Wildman–Crippen MR) is 130 cm³/mol. The number of thiophene rings is 1. The van der Waals surface area contributed by atoms with E-state index in [9.17, 15) is 9.59 Å².